The van der Waals surface area contributed by atoms with E-state index in [2.05, 4.69) is 20.3 Å². The highest BCUT2D eigenvalue weighted by atomic mass is 35.5. The van der Waals surface area contributed by atoms with E-state index in [-0.39, 0.29) is 16.9 Å². The number of benzene rings is 2. The lowest BCUT2D eigenvalue weighted by Gasteiger charge is -2.14. The molecule has 6 nitrogen and oxygen atoms in total. The number of hydrogen-bond acceptors (Lipinski definition) is 3. The Morgan fingerprint density at radius 1 is 1.05 bits per heavy atom. The number of fused-ring (bicyclic) bond motifs is 1. The van der Waals surface area contributed by atoms with Gasteiger partial charge in [0.2, 0.25) is 0 Å². The molecule has 0 aliphatic heterocycles. The largest absolute Gasteiger partial charge is 0.416 e. The number of rotatable bonds is 5. The van der Waals surface area contributed by atoms with Crippen LogP contribution in [-0.2, 0) is 6.18 Å². The number of alkyl halides is 3. The van der Waals surface area contributed by atoms with Crippen molar-refractivity contribution in [3.05, 3.63) is 106 Å². The molecule has 0 radical (unpaired) electrons. The van der Waals surface area contributed by atoms with Crippen LogP contribution in [0.4, 0.5) is 18.9 Å². The minimum absolute atomic E-state index is 0.0153. The summed E-state index contributed by atoms with van der Waals surface area (Å²) in [6, 6.07) is 10.3. The van der Waals surface area contributed by atoms with Gasteiger partial charge in [-0.1, -0.05) is 29.8 Å². The van der Waals surface area contributed by atoms with Crippen LogP contribution in [0.1, 0.15) is 38.3 Å². The van der Waals surface area contributed by atoms with Crippen molar-refractivity contribution in [2.24, 2.45) is 0 Å². The molecule has 0 fully saturated rings. The molecular weight excluding hydrogens is 515 g/mol. The Balaban J connectivity index is 1.43. The molecule has 3 aromatic heterocycles. The van der Waals surface area contributed by atoms with E-state index in [0.717, 1.165) is 28.6 Å². The number of nitrogens with one attached hydrogen (secondary N) is 2. The van der Waals surface area contributed by atoms with Gasteiger partial charge in [-0.15, -0.1) is 0 Å². The maximum atomic E-state index is 13.6. The van der Waals surface area contributed by atoms with Crippen molar-refractivity contribution in [1.82, 2.24) is 19.5 Å². The van der Waals surface area contributed by atoms with Gasteiger partial charge in [0, 0.05) is 46.5 Å². The van der Waals surface area contributed by atoms with Gasteiger partial charge in [0.25, 0.3) is 5.91 Å². The van der Waals surface area contributed by atoms with Crippen LogP contribution in [0.3, 0.4) is 0 Å². The SMILES string of the molecule is Cc1cn(-c2cc(NC(=O)c3ccc(C)c(/C=C/c4cnc5[nH]ccc5c4Cl)c3)cc(C(F)(F)F)c2)cn1. The Hall–Kier alpha value is -4.37. The van der Waals surface area contributed by atoms with E-state index >= 15 is 0 Å². The Kier molecular flexibility index (Phi) is 6.54. The Morgan fingerprint density at radius 2 is 1.84 bits per heavy atom. The standard InChI is InChI=1S/C28H21ClF3N5O/c1-16-3-4-19(9-18(16)5-6-20-13-34-26-24(25(20)29)7-8-33-26)27(38)36-22-10-21(28(30,31)32)11-23(12-22)37-14-17(2)35-15-37/h3-15H,1-2H3,(H,33,34)(H,36,38)/b6-5+. The van der Waals surface area contributed by atoms with Crippen LogP contribution in [0, 0.1) is 13.8 Å². The van der Waals surface area contributed by atoms with E-state index in [1.54, 1.807) is 49.8 Å². The van der Waals surface area contributed by atoms with Crippen LogP contribution in [-0.4, -0.2) is 25.4 Å². The molecule has 0 bridgehead atoms. The predicted octanol–water partition coefficient (Wildman–Crippen LogP) is 7.46. The molecule has 5 rings (SSSR count). The van der Waals surface area contributed by atoms with Crippen molar-refractivity contribution in [2.45, 2.75) is 20.0 Å². The number of anilines is 1. The molecule has 5 aromatic rings. The molecule has 0 aliphatic carbocycles. The number of hydrogen-bond donors (Lipinski definition) is 2. The Morgan fingerprint density at radius 3 is 2.58 bits per heavy atom. The van der Waals surface area contributed by atoms with Crippen LogP contribution < -0.4 is 5.32 Å². The molecule has 1 amide bonds. The summed E-state index contributed by atoms with van der Waals surface area (Å²) in [5.41, 5.74) is 3.35. The first-order valence-corrected chi connectivity index (χ1v) is 11.9. The molecule has 0 saturated heterocycles. The van der Waals surface area contributed by atoms with E-state index < -0.39 is 17.6 Å². The van der Waals surface area contributed by atoms with Crippen LogP contribution in [0.15, 0.2) is 67.4 Å². The lowest BCUT2D eigenvalue weighted by molar-refractivity contribution is -0.137. The number of amides is 1. The lowest BCUT2D eigenvalue weighted by Crippen LogP contribution is -2.14. The van der Waals surface area contributed by atoms with E-state index in [4.69, 9.17) is 11.6 Å². The smallest absolute Gasteiger partial charge is 0.346 e. The van der Waals surface area contributed by atoms with E-state index in [1.807, 2.05) is 19.1 Å². The van der Waals surface area contributed by atoms with Gasteiger partial charge in [-0.2, -0.15) is 13.2 Å². The topological polar surface area (TPSA) is 75.6 Å². The van der Waals surface area contributed by atoms with Crippen molar-refractivity contribution in [2.75, 3.05) is 5.32 Å². The quantitative estimate of drug-likeness (QED) is 0.245. The van der Waals surface area contributed by atoms with Crippen LogP contribution in [0.25, 0.3) is 28.9 Å². The summed E-state index contributed by atoms with van der Waals surface area (Å²) in [6.45, 7) is 3.63. The number of aromatic nitrogens is 4. The zero-order valence-corrected chi connectivity index (χ0v) is 21.0. The fraction of sp³-hybridized carbons (Fsp3) is 0.107. The molecule has 0 spiro atoms. The molecular formula is C28H21ClF3N5O. The normalized spacial score (nSPS) is 11.9. The molecule has 3 heterocycles. The fourth-order valence-electron chi connectivity index (χ4n) is 4.01. The minimum atomic E-state index is -4.59. The first kappa shape index (κ1) is 25.3. The highest BCUT2D eigenvalue weighted by Crippen LogP contribution is 2.33. The van der Waals surface area contributed by atoms with Crippen LogP contribution in [0.2, 0.25) is 5.02 Å². The number of imidazole rings is 1. The number of H-pyrrole nitrogens is 1. The second kappa shape index (κ2) is 9.83. The summed E-state index contributed by atoms with van der Waals surface area (Å²) < 4.78 is 42.2. The van der Waals surface area contributed by atoms with Crippen molar-refractivity contribution in [3.8, 4) is 5.69 Å². The summed E-state index contributed by atoms with van der Waals surface area (Å²) in [5, 5.41) is 3.95. The lowest BCUT2D eigenvalue weighted by atomic mass is 10.0. The third-order valence-corrected chi connectivity index (χ3v) is 6.47. The summed E-state index contributed by atoms with van der Waals surface area (Å²) >= 11 is 6.50. The van der Waals surface area contributed by atoms with Crippen molar-refractivity contribution >= 4 is 46.4 Å². The van der Waals surface area contributed by atoms with Crippen molar-refractivity contribution in [3.63, 3.8) is 0 Å². The van der Waals surface area contributed by atoms with Gasteiger partial charge in [0.15, 0.2) is 0 Å². The number of halogens is 4. The second-order valence-electron chi connectivity index (χ2n) is 8.81. The average Bonchev–Trinajstić information content (AvgIpc) is 3.53. The van der Waals surface area contributed by atoms with E-state index in [1.165, 1.54) is 17.0 Å². The number of aromatic amines is 1. The molecule has 2 N–H and O–H groups in total. The first-order valence-electron chi connectivity index (χ1n) is 11.5. The van der Waals surface area contributed by atoms with Crippen LogP contribution in [0.5, 0.6) is 0 Å². The molecule has 2 aromatic carbocycles. The van der Waals surface area contributed by atoms with Gasteiger partial charge < -0.3 is 14.9 Å². The number of nitrogens with zero attached hydrogens (tertiary/aromatic N) is 3. The number of pyridine rings is 1. The summed E-state index contributed by atoms with van der Waals surface area (Å²) in [5.74, 6) is -0.542. The molecule has 192 valence electrons. The Bertz CT molecular complexity index is 1700. The molecule has 0 aliphatic rings. The molecule has 0 unspecified atom stereocenters. The third kappa shape index (κ3) is 5.19. The fourth-order valence-corrected chi connectivity index (χ4v) is 4.27. The molecule has 38 heavy (non-hydrogen) atoms. The average molecular weight is 536 g/mol. The number of carbonyl (C=O) groups is 1. The molecule has 0 saturated carbocycles. The van der Waals surface area contributed by atoms with Crippen LogP contribution >= 0.6 is 11.6 Å². The van der Waals surface area contributed by atoms with Gasteiger partial charge in [0.05, 0.1) is 22.6 Å². The molecule has 0 atom stereocenters. The first-order chi connectivity index (χ1) is 18.1. The second-order valence-corrected chi connectivity index (χ2v) is 9.19. The van der Waals surface area contributed by atoms with Gasteiger partial charge >= 0.3 is 6.18 Å². The highest BCUT2D eigenvalue weighted by Gasteiger charge is 2.31. The number of carbonyl (C=O) groups excluding carboxylic acids is 1. The zero-order chi connectivity index (χ0) is 27.0. The highest BCUT2D eigenvalue weighted by molar-refractivity contribution is 6.36. The summed E-state index contributed by atoms with van der Waals surface area (Å²) in [4.78, 5) is 24.5. The zero-order valence-electron chi connectivity index (χ0n) is 20.3. The van der Waals surface area contributed by atoms with Crippen molar-refractivity contribution < 1.29 is 18.0 Å². The van der Waals surface area contributed by atoms with Gasteiger partial charge in [-0.25, -0.2) is 9.97 Å². The van der Waals surface area contributed by atoms with Gasteiger partial charge in [-0.3, -0.25) is 4.79 Å². The number of aryl methyl sites for hydroxylation is 2. The Labute approximate surface area is 220 Å². The minimum Gasteiger partial charge on any atom is -0.346 e. The van der Waals surface area contributed by atoms with Gasteiger partial charge in [-0.05, 0) is 61.4 Å². The van der Waals surface area contributed by atoms with Crippen molar-refractivity contribution in [1.29, 1.82) is 0 Å². The predicted molar refractivity (Wildman–Crippen MR) is 142 cm³/mol. The van der Waals surface area contributed by atoms with E-state index in [9.17, 15) is 18.0 Å². The van der Waals surface area contributed by atoms with Gasteiger partial charge in [0.1, 0.15) is 5.65 Å². The molecule has 10 heteroatoms. The summed E-state index contributed by atoms with van der Waals surface area (Å²) in [6.07, 6.45) is 5.46. The monoisotopic (exact) mass is 535 g/mol. The van der Waals surface area contributed by atoms with E-state index in [0.29, 0.717) is 21.9 Å². The summed E-state index contributed by atoms with van der Waals surface area (Å²) in [7, 11) is 0. The maximum Gasteiger partial charge on any atom is 0.416 e. The maximum absolute atomic E-state index is 13.6. The third-order valence-electron chi connectivity index (χ3n) is 6.04.